The number of aliphatic hydroxyl groups excluding tert-OH is 1. The van der Waals surface area contributed by atoms with E-state index in [9.17, 15) is 14.7 Å². The van der Waals surface area contributed by atoms with Gasteiger partial charge in [-0.05, 0) is 42.7 Å². The Hall–Kier alpha value is -3.03. The average molecular weight is 421 g/mol. The fourth-order valence-corrected chi connectivity index (χ4v) is 4.15. The van der Waals surface area contributed by atoms with Crippen LogP contribution in [0.5, 0.6) is 0 Å². The van der Waals surface area contributed by atoms with Crippen molar-refractivity contribution in [2.75, 3.05) is 39.3 Å². The molecule has 2 amide bonds. The van der Waals surface area contributed by atoms with E-state index >= 15 is 0 Å². The van der Waals surface area contributed by atoms with Crippen LogP contribution in [0.3, 0.4) is 0 Å². The zero-order valence-corrected chi connectivity index (χ0v) is 18.0. The van der Waals surface area contributed by atoms with Gasteiger partial charge < -0.3 is 10.0 Å². The number of hydrogen-bond acceptors (Lipinski definition) is 6. The smallest absolute Gasteiger partial charge is 0.278 e. The van der Waals surface area contributed by atoms with E-state index < -0.39 is 0 Å². The van der Waals surface area contributed by atoms with Crippen LogP contribution in [0.2, 0.25) is 0 Å². The Kier molecular flexibility index (Phi) is 6.15. The molecule has 0 unspecified atom stereocenters. The van der Waals surface area contributed by atoms with Gasteiger partial charge in [-0.25, -0.2) is 0 Å². The molecular weight excluding hydrogens is 392 g/mol. The second-order valence-electron chi connectivity index (χ2n) is 8.09. The van der Waals surface area contributed by atoms with Gasteiger partial charge in [0.1, 0.15) is 5.70 Å². The van der Waals surface area contributed by atoms with Crippen LogP contribution in [-0.4, -0.2) is 75.9 Å². The minimum absolute atomic E-state index is 0.117. The molecule has 0 saturated carbocycles. The number of β-amino-alcohol motifs (C(OH)–C–C–N with tert-alkyl or cyclic N) is 1. The summed E-state index contributed by atoms with van der Waals surface area (Å²) in [4.78, 5) is 36.8. The van der Waals surface area contributed by atoms with E-state index in [1.807, 2.05) is 55.1 Å². The van der Waals surface area contributed by atoms with Crippen molar-refractivity contribution in [1.29, 1.82) is 0 Å². The number of amides is 2. The summed E-state index contributed by atoms with van der Waals surface area (Å²) < 4.78 is 0. The maximum Gasteiger partial charge on any atom is 0.278 e. The largest absolute Gasteiger partial charge is 0.395 e. The summed E-state index contributed by atoms with van der Waals surface area (Å²) in [5.41, 5.74) is 4.63. The minimum atomic E-state index is -0.272. The summed E-state index contributed by atoms with van der Waals surface area (Å²) in [6, 6.07) is 11.4. The van der Waals surface area contributed by atoms with Gasteiger partial charge in [0, 0.05) is 38.9 Å². The number of benzene rings is 1. The van der Waals surface area contributed by atoms with Crippen molar-refractivity contribution in [1.82, 2.24) is 19.7 Å². The van der Waals surface area contributed by atoms with E-state index in [1.165, 1.54) is 4.90 Å². The molecule has 7 nitrogen and oxygen atoms in total. The molecular formula is C24H28N4O3. The molecule has 1 N–H and O–H groups in total. The quantitative estimate of drug-likeness (QED) is 0.716. The standard InChI is InChI=1S/C24H28N4O3/c1-17-6-7-19(15-18(17)2)21-22(27-11-9-26(10-12-27)13-14-29)24(31)28(23(21)30)16-20-5-3-4-8-25-20/h3-8,15,29H,9-14,16H2,1-2H3. The van der Waals surface area contributed by atoms with Crippen molar-refractivity contribution < 1.29 is 14.7 Å². The number of aryl methyl sites for hydroxylation is 2. The first kappa shape index (κ1) is 21.2. The van der Waals surface area contributed by atoms with E-state index in [1.54, 1.807) is 6.20 Å². The lowest BCUT2D eigenvalue weighted by Crippen LogP contribution is -2.48. The van der Waals surface area contributed by atoms with Crippen molar-refractivity contribution in [3.05, 3.63) is 70.7 Å². The first-order valence-corrected chi connectivity index (χ1v) is 10.7. The minimum Gasteiger partial charge on any atom is -0.395 e. The summed E-state index contributed by atoms with van der Waals surface area (Å²) in [5.74, 6) is -0.536. The van der Waals surface area contributed by atoms with Crippen LogP contribution in [0.25, 0.3) is 5.57 Å². The van der Waals surface area contributed by atoms with Crippen LogP contribution in [-0.2, 0) is 16.1 Å². The second-order valence-corrected chi connectivity index (χ2v) is 8.09. The first-order valence-electron chi connectivity index (χ1n) is 10.7. The van der Waals surface area contributed by atoms with E-state index in [0.29, 0.717) is 36.6 Å². The molecule has 0 atom stereocenters. The Balaban J connectivity index is 1.70. The Morgan fingerprint density at radius 3 is 2.39 bits per heavy atom. The number of carbonyl (C=O) groups excluding carboxylic acids is 2. The van der Waals surface area contributed by atoms with Crippen LogP contribution in [0.15, 0.2) is 48.3 Å². The topological polar surface area (TPSA) is 77.0 Å². The zero-order valence-electron chi connectivity index (χ0n) is 18.0. The van der Waals surface area contributed by atoms with Gasteiger partial charge in [-0.3, -0.25) is 24.4 Å². The molecule has 0 bridgehead atoms. The zero-order chi connectivity index (χ0) is 22.0. The Morgan fingerprint density at radius 1 is 0.968 bits per heavy atom. The Labute approximate surface area is 182 Å². The molecule has 1 aromatic carbocycles. The molecule has 31 heavy (non-hydrogen) atoms. The van der Waals surface area contributed by atoms with Crippen LogP contribution in [0.1, 0.15) is 22.4 Å². The SMILES string of the molecule is Cc1ccc(C2=C(N3CCN(CCO)CC3)C(=O)N(Cc3ccccn3)C2=O)cc1C. The molecule has 1 fully saturated rings. The number of aromatic nitrogens is 1. The predicted octanol–water partition coefficient (Wildman–Crippen LogP) is 1.59. The van der Waals surface area contributed by atoms with Crippen LogP contribution in [0.4, 0.5) is 0 Å². The van der Waals surface area contributed by atoms with Gasteiger partial charge in [-0.2, -0.15) is 0 Å². The molecule has 0 spiro atoms. The second kappa shape index (κ2) is 8.99. The highest BCUT2D eigenvalue weighted by atomic mass is 16.3. The van der Waals surface area contributed by atoms with Crippen molar-refractivity contribution in [3.63, 3.8) is 0 Å². The Morgan fingerprint density at radius 2 is 1.74 bits per heavy atom. The number of carbonyl (C=O) groups is 2. The fourth-order valence-electron chi connectivity index (χ4n) is 4.15. The summed E-state index contributed by atoms with van der Waals surface area (Å²) >= 11 is 0. The molecule has 7 heteroatoms. The fraction of sp³-hybridized carbons (Fsp3) is 0.375. The third-order valence-corrected chi connectivity index (χ3v) is 6.09. The molecule has 3 heterocycles. The van der Waals surface area contributed by atoms with Gasteiger partial charge >= 0.3 is 0 Å². The van der Waals surface area contributed by atoms with Crippen molar-refractivity contribution in [3.8, 4) is 0 Å². The summed E-state index contributed by atoms with van der Waals surface area (Å²) in [6.45, 7) is 7.70. The molecule has 2 aliphatic heterocycles. The third kappa shape index (κ3) is 4.24. The lowest BCUT2D eigenvalue weighted by atomic mass is 9.99. The number of imide groups is 1. The number of pyridine rings is 1. The molecule has 162 valence electrons. The van der Waals surface area contributed by atoms with Crippen LogP contribution >= 0.6 is 0 Å². The maximum absolute atomic E-state index is 13.5. The maximum atomic E-state index is 13.5. The lowest BCUT2D eigenvalue weighted by molar-refractivity contribution is -0.138. The molecule has 0 radical (unpaired) electrons. The molecule has 0 aliphatic carbocycles. The third-order valence-electron chi connectivity index (χ3n) is 6.09. The van der Waals surface area contributed by atoms with Gasteiger partial charge in [0.2, 0.25) is 0 Å². The van der Waals surface area contributed by atoms with E-state index in [4.69, 9.17) is 0 Å². The lowest BCUT2D eigenvalue weighted by Gasteiger charge is -2.36. The number of hydrogen-bond donors (Lipinski definition) is 1. The predicted molar refractivity (Wildman–Crippen MR) is 118 cm³/mol. The summed E-state index contributed by atoms with van der Waals surface area (Å²) in [5, 5.41) is 9.21. The Bertz CT molecular complexity index is 1010. The van der Waals surface area contributed by atoms with Crippen LogP contribution < -0.4 is 0 Å². The van der Waals surface area contributed by atoms with Gasteiger partial charge in [-0.1, -0.05) is 24.3 Å². The van der Waals surface area contributed by atoms with Crippen molar-refractivity contribution in [2.45, 2.75) is 20.4 Å². The monoisotopic (exact) mass is 420 g/mol. The van der Waals surface area contributed by atoms with Gasteiger partial charge in [0.25, 0.3) is 11.8 Å². The van der Waals surface area contributed by atoms with Gasteiger partial charge in [-0.15, -0.1) is 0 Å². The summed E-state index contributed by atoms with van der Waals surface area (Å²) in [6.07, 6.45) is 1.67. The van der Waals surface area contributed by atoms with Gasteiger partial charge in [0.05, 0.1) is 24.4 Å². The van der Waals surface area contributed by atoms with Crippen molar-refractivity contribution in [2.24, 2.45) is 0 Å². The van der Waals surface area contributed by atoms with Gasteiger partial charge in [0.15, 0.2) is 0 Å². The van der Waals surface area contributed by atoms with E-state index in [0.717, 1.165) is 29.8 Å². The number of rotatable bonds is 6. The molecule has 2 aromatic rings. The normalized spacial score (nSPS) is 17.8. The highest BCUT2D eigenvalue weighted by molar-refractivity contribution is 6.35. The number of nitrogens with zero attached hydrogens (tertiary/aromatic N) is 4. The van der Waals surface area contributed by atoms with Crippen LogP contribution in [0, 0.1) is 13.8 Å². The van der Waals surface area contributed by atoms with Crippen molar-refractivity contribution >= 4 is 17.4 Å². The molecule has 4 rings (SSSR count). The summed E-state index contributed by atoms with van der Waals surface area (Å²) in [7, 11) is 0. The first-order chi connectivity index (χ1) is 15.0. The average Bonchev–Trinajstić information content (AvgIpc) is 3.02. The molecule has 1 aromatic heterocycles. The molecule has 2 aliphatic rings. The molecule has 1 saturated heterocycles. The number of aliphatic hydroxyl groups is 1. The van der Waals surface area contributed by atoms with E-state index in [2.05, 4.69) is 9.88 Å². The highest BCUT2D eigenvalue weighted by Crippen LogP contribution is 2.33. The number of piperazine rings is 1. The highest BCUT2D eigenvalue weighted by Gasteiger charge is 2.42. The van der Waals surface area contributed by atoms with E-state index in [-0.39, 0.29) is 25.0 Å².